The maximum atomic E-state index is 6.08. The van der Waals surface area contributed by atoms with Gasteiger partial charge in [-0.05, 0) is 56.4 Å². The minimum Gasteiger partial charge on any atom is -0.543 e. The average molecular weight is 284 g/mol. The van der Waals surface area contributed by atoms with E-state index in [2.05, 4.69) is 42.6 Å². The van der Waals surface area contributed by atoms with Gasteiger partial charge in [-0.2, -0.15) is 0 Å². The van der Waals surface area contributed by atoms with Crippen LogP contribution < -0.4 is 4.43 Å². The van der Waals surface area contributed by atoms with Crippen LogP contribution in [0.2, 0.25) is 19.6 Å². The molecule has 1 aromatic carbocycles. The second kappa shape index (κ2) is 6.01. The number of nitrogens with zero attached hydrogens (tertiary/aromatic N) is 2. The summed E-state index contributed by atoms with van der Waals surface area (Å²) in [6.07, 6.45) is 3.53. The van der Waals surface area contributed by atoms with Crippen molar-refractivity contribution in [3.8, 4) is 5.75 Å². The van der Waals surface area contributed by atoms with Gasteiger partial charge in [-0.3, -0.25) is 9.98 Å². The highest BCUT2D eigenvalue weighted by atomic mass is 28.4. The second-order valence-electron chi connectivity index (χ2n) is 5.70. The van der Waals surface area contributed by atoms with Crippen molar-refractivity contribution in [2.45, 2.75) is 26.6 Å². The van der Waals surface area contributed by atoms with Gasteiger partial charge in [0.25, 0.3) is 0 Å². The number of aliphatic imine (C=N–C) groups is 1. The summed E-state index contributed by atoms with van der Waals surface area (Å²) in [6.45, 7) is 8.55. The molecule has 104 valence electrons. The van der Waals surface area contributed by atoms with Crippen LogP contribution >= 0.6 is 0 Å². The molecule has 0 aliphatic rings. The van der Waals surface area contributed by atoms with Crippen molar-refractivity contribution in [2.75, 3.05) is 0 Å². The molecule has 0 saturated carbocycles. The molecule has 20 heavy (non-hydrogen) atoms. The molecule has 0 amide bonds. The molecule has 0 fully saturated rings. The van der Waals surface area contributed by atoms with Gasteiger partial charge >= 0.3 is 0 Å². The Morgan fingerprint density at radius 3 is 2.60 bits per heavy atom. The van der Waals surface area contributed by atoms with Crippen LogP contribution in [0.5, 0.6) is 5.75 Å². The normalized spacial score (nSPS) is 11.8. The summed E-state index contributed by atoms with van der Waals surface area (Å²) in [7, 11) is -1.64. The Hall–Kier alpha value is -1.94. The van der Waals surface area contributed by atoms with Crippen molar-refractivity contribution in [3.63, 3.8) is 0 Å². The molecule has 0 atom stereocenters. The molecule has 0 radical (unpaired) electrons. The Kier molecular flexibility index (Phi) is 4.34. The Labute approximate surface area is 121 Å². The van der Waals surface area contributed by atoms with E-state index in [-0.39, 0.29) is 0 Å². The molecular weight excluding hydrogens is 264 g/mol. The Morgan fingerprint density at radius 1 is 1.15 bits per heavy atom. The third-order valence-electron chi connectivity index (χ3n) is 2.55. The maximum Gasteiger partial charge on any atom is 0.242 e. The monoisotopic (exact) mass is 284 g/mol. The molecule has 0 bridgehead atoms. The summed E-state index contributed by atoms with van der Waals surface area (Å²) in [4.78, 5) is 8.77. The van der Waals surface area contributed by atoms with Gasteiger partial charge in [-0.25, -0.2) is 0 Å². The Bertz CT molecular complexity index is 604. The molecule has 1 heterocycles. The van der Waals surface area contributed by atoms with Crippen LogP contribution in [0.4, 0.5) is 5.69 Å². The van der Waals surface area contributed by atoms with Gasteiger partial charge in [0.1, 0.15) is 11.4 Å². The first-order valence-corrected chi connectivity index (χ1v) is 10.1. The molecular formula is C16H20N2OSi. The standard InChI is InChI=1S/C16H20N2OSi/c1-13-8-9-16(19-20(2,3)4)15(11-13)18-12-14-7-5-6-10-17-14/h5-12H,1-4H3/b18-12+. The molecule has 0 aliphatic heterocycles. The number of aromatic nitrogens is 1. The fourth-order valence-electron chi connectivity index (χ4n) is 1.73. The number of hydrogen-bond acceptors (Lipinski definition) is 3. The lowest BCUT2D eigenvalue weighted by molar-refractivity contribution is 0.559. The van der Waals surface area contributed by atoms with Gasteiger partial charge < -0.3 is 4.43 Å². The number of pyridine rings is 1. The lowest BCUT2D eigenvalue weighted by Crippen LogP contribution is -2.29. The van der Waals surface area contributed by atoms with Crippen LogP contribution in [-0.4, -0.2) is 19.5 Å². The summed E-state index contributed by atoms with van der Waals surface area (Å²) in [6, 6.07) is 11.9. The van der Waals surface area contributed by atoms with E-state index in [0.29, 0.717) is 0 Å². The first-order valence-electron chi connectivity index (χ1n) is 6.69. The molecule has 3 nitrogen and oxygen atoms in total. The highest BCUT2D eigenvalue weighted by Crippen LogP contribution is 2.30. The van der Waals surface area contributed by atoms with E-state index >= 15 is 0 Å². The fraction of sp³-hybridized carbons (Fsp3) is 0.250. The smallest absolute Gasteiger partial charge is 0.242 e. The summed E-state index contributed by atoms with van der Waals surface area (Å²) in [5, 5.41) is 0. The van der Waals surface area contributed by atoms with Gasteiger partial charge in [0, 0.05) is 6.20 Å². The van der Waals surface area contributed by atoms with E-state index in [9.17, 15) is 0 Å². The second-order valence-corrected chi connectivity index (χ2v) is 10.1. The van der Waals surface area contributed by atoms with E-state index < -0.39 is 8.32 Å². The SMILES string of the molecule is Cc1ccc(O[Si](C)(C)C)c(/N=C/c2ccccn2)c1. The highest BCUT2D eigenvalue weighted by Gasteiger charge is 2.18. The van der Waals surface area contributed by atoms with E-state index in [1.807, 2.05) is 30.3 Å². The molecule has 0 unspecified atom stereocenters. The van der Waals surface area contributed by atoms with E-state index in [4.69, 9.17) is 4.43 Å². The summed E-state index contributed by atoms with van der Waals surface area (Å²) in [5.41, 5.74) is 2.87. The van der Waals surface area contributed by atoms with Crippen LogP contribution in [0.15, 0.2) is 47.6 Å². The summed E-state index contributed by atoms with van der Waals surface area (Å²) < 4.78 is 6.08. The minimum atomic E-state index is -1.64. The van der Waals surface area contributed by atoms with Gasteiger partial charge in [-0.1, -0.05) is 12.1 Å². The zero-order valence-corrected chi connectivity index (χ0v) is 13.4. The zero-order chi connectivity index (χ0) is 14.6. The first kappa shape index (κ1) is 14.5. The first-order chi connectivity index (χ1) is 9.44. The van der Waals surface area contributed by atoms with Gasteiger partial charge in [-0.15, -0.1) is 0 Å². The molecule has 0 N–H and O–H groups in total. The highest BCUT2D eigenvalue weighted by molar-refractivity contribution is 6.70. The lowest BCUT2D eigenvalue weighted by atomic mass is 10.2. The third-order valence-corrected chi connectivity index (χ3v) is 3.39. The van der Waals surface area contributed by atoms with Gasteiger partial charge in [0.05, 0.1) is 11.9 Å². The average Bonchev–Trinajstić information content (AvgIpc) is 2.39. The molecule has 4 heteroatoms. The van der Waals surface area contributed by atoms with Crippen LogP contribution in [0.1, 0.15) is 11.3 Å². The van der Waals surface area contributed by atoms with Crippen molar-refractivity contribution < 1.29 is 4.43 Å². The third kappa shape index (κ3) is 4.31. The lowest BCUT2D eigenvalue weighted by Gasteiger charge is -2.20. The van der Waals surface area contributed by atoms with Crippen molar-refractivity contribution in [1.29, 1.82) is 0 Å². The Balaban J connectivity index is 2.30. The van der Waals surface area contributed by atoms with Crippen molar-refractivity contribution in [2.24, 2.45) is 4.99 Å². The zero-order valence-electron chi connectivity index (χ0n) is 12.4. The quantitative estimate of drug-likeness (QED) is 0.618. The fourth-order valence-corrected chi connectivity index (χ4v) is 2.56. The largest absolute Gasteiger partial charge is 0.543 e. The van der Waals surface area contributed by atoms with Crippen LogP contribution in [0, 0.1) is 6.92 Å². The topological polar surface area (TPSA) is 34.5 Å². The molecule has 0 spiro atoms. The number of aryl methyl sites for hydroxylation is 1. The number of hydrogen-bond donors (Lipinski definition) is 0. The molecule has 0 aliphatic carbocycles. The van der Waals surface area contributed by atoms with Crippen molar-refractivity contribution in [3.05, 3.63) is 53.9 Å². The van der Waals surface area contributed by atoms with Gasteiger partial charge in [0.15, 0.2) is 0 Å². The number of rotatable bonds is 4. The van der Waals surface area contributed by atoms with E-state index in [1.165, 1.54) is 5.56 Å². The Morgan fingerprint density at radius 2 is 1.95 bits per heavy atom. The van der Waals surface area contributed by atoms with Crippen LogP contribution in [-0.2, 0) is 0 Å². The minimum absolute atomic E-state index is 0.841. The van der Waals surface area contributed by atoms with Crippen molar-refractivity contribution >= 4 is 20.2 Å². The van der Waals surface area contributed by atoms with E-state index in [0.717, 1.165) is 17.1 Å². The maximum absolute atomic E-state index is 6.08. The molecule has 0 saturated heterocycles. The number of benzene rings is 1. The van der Waals surface area contributed by atoms with E-state index in [1.54, 1.807) is 12.4 Å². The molecule has 2 aromatic rings. The molecule has 1 aromatic heterocycles. The van der Waals surface area contributed by atoms with Crippen molar-refractivity contribution in [1.82, 2.24) is 4.98 Å². The predicted molar refractivity (Wildman–Crippen MR) is 86.6 cm³/mol. The predicted octanol–water partition coefficient (Wildman–Crippen LogP) is 4.35. The summed E-state index contributed by atoms with van der Waals surface area (Å²) >= 11 is 0. The summed E-state index contributed by atoms with van der Waals surface area (Å²) in [5.74, 6) is 0.849. The van der Waals surface area contributed by atoms with Crippen LogP contribution in [0.25, 0.3) is 0 Å². The van der Waals surface area contributed by atoms with Crippen LogP contribution in [0.3, 0.4) is 0 Å². The molecule has 2 rings (SSSR count). The van der Waals surface area contributed by atoms with Gasteiger partial charge in [0.2, 0.25) is 8.32 Å².